The average Bonchev–Trinajstić information content (AvgIpc) is 2.71. The van der Waals surface area contributed by atoms with Crippen molar-refractivity contribution in [3.05, 3.63) is 11.6 Å². The lowest BCUT2D eigenvalue weighted by molar-refractivity contribution is -0.144. The number of rotatable bonds is 21. The zero-order chi connectivity index (χ0) is 22.3. The Bertz CT molecular complexity index is 438. The lowest BCUT2D eigenvalue weighted by Crippen LogP contribution is -2.05. The molecule has 0 radical (unpaired) electrons. The summed E-state index contributed by atoms with van der Waals surface area (Å²) in [4.78, 5) is 23.3. The minimum Gasteiger partial charge on any atom is -0.466 e. The Hall–Kier alpha value is -1.32. The fourth-order valence-corrected chi connectivity index (χ4v) is 3.29. The second kappa shape index (κ2) is 22.4. The summed E-state index contributed by atoms with van der Waals surface area (Å²) in [7, 11) is 0. The highest BCUT2D eigenvalue weighted by Gasteiger charge is 2.04. The predicted molar refractivity (Wildman–Crippen MR) is 126 cm³/mol. The SMILES string of the molecule is CCCCCCCCCCCOC(=O)CCCCCCCCC(=O)OCC=C(C)C. The number of hydrogen-bond donors (Lipinski definition) is 0. The molecule has 0 atom stereocenters. The van der Waals surface area contributed by atoms with Crippen LogP contribution in [0.2, 0.25) is 0 Å². The van der Waals surface area contributed by atoms with Gasteiger partial charge in [-0.05, 0) is 39.2 Å². The highest BCUT2D eigenvalue weighted by atomic mass is 16.5. The van der Waals surface area contributed by atoms with Crippen molar-refractivity contribution in [3.8, 4) is 0 Å². The molecule has 0 saturated carbocycles. The van der Waals surface area contributed by atoms with Gasteiger partial charge in [0.15, 0.2) is 0 Å². The van der Waals surface area contributed by atoms with Crippen molar-refractivity contribution in [2.75, 3.05) is 13.2 Å². The second-order valence-electron chi connectivity index (χ2n) is 8.63. The van der Waals surface area contributed by atoms with Crippen LogP contribution in [-0.2, 0) is 19.1 Å². The van der Waals surface area contributed by atoms with Crippen LogP contribution in [0.3, 0.4) is 0 Å². The van der Waals surface area contributed by atoms with E-state index in [0.717, 1.165) is 50.5 Å². The molecule has 0 aliphatic rings. The molecule has 4 nitrogen and oxygen atoms in total. The van der Waals surface area contributed by atoms with Gasteiger partial charge in [0.1, 0.15) is 6.61 Å². The van der Waals surface area contributed by atoms with Crippen LogP contribution in [0.15, 0.2) is 11.6 Å². The Morgan fingerprint density at radius 2 is 1.03 bits per heavy atom. The molecule has 0 unspecified atom stereocenters. The van der Waals surface area contributed by atoms with Gasteiger partial charge in [-0.3, -0.25) is 9.59 Å². The number of unbranched alkanes of at least 4 members (excludes halogenated alkanes) is 13. The summed E-state index contributed by atoms with van der Waals surface area (Å²) >= 11 is 0. The first-order valence-corrected chi connectivity index (χ1v) is 12.5. The molecule has 0 aromatic heterocycles. The molecular formula is C26H48O4. The van der Waals surface area contributed by atoms with Gasteiger partial charge in [0.05, 0.1) is 6.61 Å². The molecule has 0 spiro atoms. The molecule has 0 fully saturated rings. The van der Waals surface area contributed by atoms with Gasteiger partial charge in [0.25, 0.3) is 0 Å². The molecule has 0 saturated heterocycles. The van der Waals surface area contributed by atoms with Gasteiger partial charge in [-0.1, -0.05) is 89.5 Å². The third kappa shape index (κ3) is 23.0. The maximum Gasteiger partial charge on any atom is 0.306 e. The van der Waals surface area contributed by atoms with Gasteiger partial charge in [-0.15, -0.1) is 0 Å². The van der Waals surface area contributed by atoms with Crippen LogP contribution in [-0.4, -0.2) is 25.2 Å². The van der Waals surface area contributed by atoms with Gasteiger partial charge in [0.2, 0.25) is 0 Å². The van der Waals surface area contributed by atoms with E-state index in [1.165, 1.54) is 51.4 Å². The van der Waals surface area contributed by atoms with Gasteiger partial charge in [-0.25, -0.2) is 0 Å². The summed E-state index contributed by atoms with van der Waals surface area (Å²) in [5.41, 5.74) is 1.16. The second-order valence-corrected chi connectivity index (χ2v) is 8.63. The largest absolute Gasteiger partial charge is 0.466 e. The third-order valence-corrected chi connectivity index (χ3v) is 5.26. The van der Waals surface area contributed by atoms with Crippen molar-refractivity contribution in [1.29, 1.82) is 0 Å². The van der Waals surface area contributed by atoms with Crippen LogP contribution in [0.25, 0.3) is 0 Å². The van der Waals surface area contributed by atoms with E-state index >= 15 is 0 Å². The smallest absolute Gasteiger partial charge is 0.306 e. The molecule has 0 bridgehead atoms. The van der Waals surface area contributed by atoms with Gasteiger partial charge in [0, 0.05) is 12.8 Å². The van der Waals surface area contributed by atoms with Gasteiger partial charge < -0.3 is 9.47 Å². The van der Waals surface area contributed by atoms with E-state index in [1.807, 2.05) is 19.9 Å². The minimum absolute atomic E-state index is 0.0475. The highest BCUT2D eigenvalue weighted by molar-refractivity contribution is 5.69. The molecule has 0 rings (SSSR count). The fourth-order valence-electron chi connectivity index (χ4n) is 3.29. The molecule has 4 heteroatoms. The Labute approximate surface area is 186 Å². The molecule has 176 valence electrons. The van der Waals surface area contributed by atoms with E-state index in [4.69, 9.17) is 9.47 Å². The van der Waals surface area contributed by atoms with Gasteiger partial charge >= 0.3 is 11.9 Å². The molecule has 0 N–H and O–H groups in total. The lowest BCUT2D eigenvalue weighted by Gasteiger charge is -2.05. The summed E-state index contributed by atoms with van der Waals surface area (Å²) in [6.07, 6.45) is 20.6. The monoisotopic (exact) mass is 424 g/mol. The van der Waals surface area contributed by atoms with E-state index in [-0.39, 0.29) is 11.9 Å². The molecule has 0 heterocycles. The Balaban J connectivity index is 3.28. The van der Waals surface area contributed by atoms with Crippen LogP contribution in [0, 0.1) is 0 Å². The summed E-state index contributed by atoms with van der Waals surface area (Å²) in [6, 6.07) is 0. The van der Waals surface area contributed by atoms with E-state index in [1.54, 1.807) is 0 Å². The molecule has 0 aliphatic heterocycles. The zero-order valence-corrected chi connectivity index (χ0v) is 20.1. The van der Waals surface area contributed by atoms with Crippen LogP contribution < -0.4 is 0 Å². The zero-order valence-electron chi connectivity index (χ0n) is 20.1. The number of allylic oxidation sites excluding steroid dienone is 1. The van der Waals surface area contributed by atoms with E-state index in [0.29, 0.717) is 26.1 Å². The Kier molecular flexibility index (Phi) is 21.4. The quantitative estimate of drug-likeness (QED) is 0.108. The number of carbonyl (C=O) groups excluding carboxylic acids is 2. The molecule has 0 aromatic carbocycles. The summed E-state index contributed by atoms with van der Waals surface area (Å²) < 4.78 is 10.5. The Morgan fingerprint density at radius 3 is 1.53 bits per heavy atom. The van der Waals surface area contributed by atoms with Crippen LogP contribution in [0.4, 0.5) is 0 Å². The molecule has 0 amide bonds. The lowest BCUT2D eigenvalue weighted by atomic mass is 10.1. The van der Waals surface area contributed by atoms with Crippen molar-refractivity contribution in [3.63, 3.8) is 0 Å². The van der Waals surface area contributed by atoms with Crippen LogP contribution in [0.1, 0.15) is 130 Å². The number of hydrogen-bond acceptors (Lipinski definition) is 4. The van der Waals surface area contributed by atoms with E-state index in [9.17, 15) is 9.59 Å². The van der Waals surface area contributed by atoms with Crippen LogP contribution >= 0.6 is 0 Å². The minimum atomic E-state index is -0.109. The normalized spacial score (nSPS) is 10.6. The average molecular weight is 425 g/mol. The summed E-state index contributed by atoms with van der Waals surface area (Å²) in [5.74, 6) is -0.157. The molecular weight excluding hydrogens is 376 g/mol. The van der Waals surface area contributed by atoms with Crippen LogP contribution in [0.5, 0.6) is 0 Å². The summed E-state index contributed by atoms with van der Waals surface area (Å²) in [6.45, 7) is 7.20. The fraction of sp³-hybridized carbons (Fsp3) is 0.846. The molecule has 30 heavy (non-hydrogen) atoms. The van der Waals surface area contributed by atoms with Crippen molar-refractivity contribution >= 4 is 11.9 Å². The maximum atomic E-state index is 11.7. The topological polar surface area (TPSA) is 52.6 Å². The first-order valence-electron chi connectivity index (χ1n) is 12.5. The van der Waals surface area contributed by atoms with Crippen molar-refractivity contribution in [1.82, 2.24) is 0 Å². The maximum absolute atomic E-state index is 11.7. The third-order valence-electron chi connectivity index (χ3n) is 5.26. The van der Waals surface area contributed by atoms with Crippen molar-refractivity contribution in [2.24, 2.45) is 0 Å². The molecule has 0 aliphatic carbocycles. The highest BCUT2D eigenvalue weighted by Crippen LogP contribution is 2.11. The first kappa shape index (κ1) is 28.7. The van der Waals surface area contributed by atoms with E-state index in [2.05, 4.69) is 6.92 Å². The summed E-state index contributed by atoms with van der Waals surface area (Å²) in [5, 5.41) is 0. The van der Waals surface area contributed by atoms with Gasteiger partial charge in [-0.2, -0.15) is 0 Å². The predicted octanol–water partition coefficient (Wildman–Crippen LogP) is 7.69. The standard InChI is InChI=1S/C26H48O4/c1-4-5-6-7-8-9-12-15-18-22-29-25(27)19-16-13-10-11-14-17-20-26(28)30-23-21-24(2)3/h21H,4-20,22-23H2,1-3H3. The number of carbonyl (C=O) groups is 2. The van der Waals surface area contributed by atoms with E-state index < -0.39 is 0 Å². The Morgan fingerprint density at radius 1 is 0.600 bits per heavy atom. The number of esters is 2. The molecule has 0 aromatic rings. The van der Waals surface area contributed by atoms with Crippen molar-refractivity contribution in [2.45, 2.75) is 130 Å². The van der Waals surface area contributed by atoms with Crippen molar-refractivity contribution < 1.29 is 19.1 Å². The number of ether oxygens (including phenoxy) is 2. The first-order chi connectivity index (χ1) is 14.6.